The Morgan fingerprint density at radius 3 is 2.16 bits per heavy atom. The Bertz CT molecular complexity index is 492. The molecule has 19 heavy (non-hydrogen) atoms. The van der Waals surface area contributed by atoms with Crippen LogP contribution in [0.5, 0.6) is 11.5 Å². The van der Waals surface area contributed by atoms with Crippen LogP contribution in [0.2, 0.25) is 0 Å². The fourth-order valence-electron chi connectivity index (χ4n) is 2.36. The number of carbonyl (C=O) groups is 1. The SMILES string of the molecule is COC(=O)c1cc(OC)c(C2=CCCC2)c(OC)c1. The first-order valence-corrected chi connectivity index (χ1v) is 6.25. The summed E-state index contributed by atoms with van der Waals surface area (Å²) in [5, 5.41) is 0. The van der Waals surface area contributed by atoms with Crippen LogP contribution in [-0.2, 0) is 4.74 Å². The van der Waals surface area contributed by atoms with Crippen LogP contribution in [0.1, 0.15) is 35.2 Å². The van der Waals surface area contributed by atoms with E-state index in [9.17, 15) is 4.79 Å². The van der Waals surface area contributed by atoms with Crippen LogP contribution in [0.15, 0.2) is 18.2 Å². The van der Waals surface area contributed by atoms with E-state index in [1.165, 1.54) is 12.7 Å². The van der Waals surface area contributed by atoms with E-state index in [0.717, 1.165) is 24.8 Å². The summed E-state index contributed by atoms with van der Waals surface area (Å²) in [5.41, 5.74) is 2.58. The third kappa shape index (κ3) is 2.57. The molecule has 0 amide bonds. The molecular weight excluding hydrogens is 244 g/mol. The van der Waals surface area contributed by atoms with Gasteiger partial charge in [0.2, 0.25) is 0 Å². The van der Waals surface area contributed by atoms with Gasteiger partial charge in [-0.05, 0) is 37.0 Å². The highest BCUT2D eigenvalue weighted by molar-refractivity contribution is 5.92. The highest BCUT2D eigenvalue weighted by Crippen LogP contribution is 2.40. The topological polar surface area (TPSA) is 44.8 Å². The zero-order valence-electron chi connectivity index (χ0n) is 11.5. The van der Waals surface area contributed by atoms with Gasteiger partial charge >= 0.3 is 5.97 Å². The van der Waals surface area contributed by atoms with Crippen molar-refractivity contribution < 1.29 is 19.0 Å². The van der Waals surface area contributed by atoms with Gasteiger partial charge in [0.1, 0.15) is 11.5 Å². The van der Waals surface area contributed by atoms with Crippen molar-refractivity contribution in [1.29, 1.82) is 0 Å². The lowest BCUT2D eigenvalue weighted by molar-refractivity contribution is 0.0600. The van der Waals surface area contributed by atoms with Crippen molar-refractivity contribution in [2.75, 3.05) is 21.3 Å². The third-order valence-corrected chi connectivity index (χ3v) is 3.29. The summed E-state index contributed by atoms with van der Waals surface area (Å²) in [6.45, 7) is 0. The van der Waals surface area contributed by atoms with Gasteiger partial charge in [0.05, 0.1) is 32.5 Å². The molecule has 0 radical (unpaired) electrons. The van der Waals surface area contributed by atoms with Gasteiger partial charge in [-0.1, -0.05) is 6.08 Å². The van der Waals surface area contributed by atoms with E-state index in [-0.39, 0.29) is 0 Å². The van der Waals surface area contributed by atoms with E-state index in [1.807, 2.05) is 0 Å². The number of allylic oxidation sites excluding steroid dienone is 2. The summed E-state index contributed by atoms with van der Waals surface area (Å²) in [5.74, 6) is 0.893. The lowest BCUT2D eigenvalue weighted by atomic mass is 10.0. The standard InChI is InChI=1S/C15H18O4/c1-17-12-8-11(15(16)19-3)9-13(18-2)14(12)10-6-4-5-7-10/h6,8-9H,4-5,7H2,1-3H3. The molecule has 1 aromatic rings. The van der Waals surface area contributed by atoms with Crippen LogP contribution in [-0.4, -0.2) is 27.3 Å². The van der Waals surface area contributed by atoms with E-state index < -0.39 is 5.97 Å². The van der Waals surface area contributed by atoms with Crippen molar-refractivity contribution in [1.82, 2.24) is 0 Å². The van der Waals surface area contributed by atoms with E-state index in [4.69, 9.17) is 14.2 Å². The molecule has 0 atom stereocenters. The average Bonchev–Trinajstić information content (AvgIpc) is 2.98. The molecule has 0 saturated carbocycles. The molecule has 0 N–H and O–H groups in total. The van der Waals surface area contributed by atoms with Crippen LogP contribution in [0.3, 0.4) is 0 Å². The number of ether oxygens (including phenoxy) is 3. The van der Waals surface area contributed by atoms with Crippen molar-refractivity contribution in [2.24, 2.45) is 0 Å². The zero-order chi connectivity index (χ0) is 13.8. The Labute approximate surface area is 113 Å². The first-order valence-electron chi connectivity index (χ1n) is 6.25. The first-order chi connectivity index (χ1) is 9.21. The molecule has 0 bridgehead atoms. The molecule has 4 heteroatoms. The van der Waals surface area contributed by atoms with Crippen molar-refractivity contribution >= 4 is 11.5 Å². The summed E-state index contributed by atoms with van der Waals surface area (Å²) in [6.07, 6.45) is 5.41. The molecular formula is C15H18O4. The molecule has 0 fully saturated rings. The number of hydrogen-bond acceptors (Lipinski definition) is 4. The van der Waals surface area contributed by atoms with Crippen LogP contribution in [0, 0.1) is 0 Å². The molecule has 0 unspecified atom stereocenters. The molecule has 1 aromatic carbocycles. The number of methoxy groups -OCH3 is 3. The quantitative estimate of drug-likeness (QED) is 0.782. The maximum absolute atomic E-state index is 11.6. The molecule has 4 nitrogen and oxygen atoms in total. The Morgan fingerprint density at radius 2 is 1.74 bits per heavy atom. The smallest absolute Gasteiger partial charge is 0.338 e. The van der Waals surface area contributed by atoms with Gasteiger partial charge in [-0.25, -0.2) is 4.79 Å². The fourth-order valence-corrected chi connectivity index (χ4v) is 2.36. The minimum atomic E-state index is -0.399. The lowest BCUT2D eigenvalue weighted by Gasteiger charge is -2.15. The molecule has 1 aliphatic rings. The summed E-state index contributed by atoms with van der Waals surface area (Å²) in [4.78, 5) is 11.6. The molecule has 2 rings (SSSR count). The minimum Gasteiger partial charge on any atom is -0.496 e. The van der Waals surface area contributed by atoms with Gasteiger partial charge in [-0.2, -0.15) is 0 Å². The maximum Gasteiger partial charge on any atom is 0.338 e. The second kappa shape index (κ2) is 5.78. The number of carbonyl (C=O) groups excluding carboxylic acids is 1. The molecule has 1 aliphatic carbocycles. The largest absolute Gasteiger partial charge is 0.496 e. The molecule has 0 saturated heterocycles. The lowest BCUT2D eigenvalue weighted by Crippen LogP contribution is -2.04. The van der Waals surface area contributed by atoms with Crippen molar-refractivity contribution in [2.45, 2.75) is 19.3 Å². The summed E-state index contributed by atoms with van der Waals surface area (Å²) in [6, 6.07) is 3.39. The average molecular weight is 262 g/mol. The number of benzene rings is 1. The van der Waals surface area contributed by atoms with Crippen LogP contribution in [0.25, 0.3) is 5.57 Å². The Balaban J connectivity index is 2.55. The predicted octanol–water partition coefficient (Wildman–Crippen LogP) is 3.06. The maximum atomic E-state index is 11.6. The molecule has 102 valence electrons. The van der Waals surface area contributed by atoms with Crippen molar-refractivity contribution in [3.63, 3.8) is 0 Å². The zero-order valence-corrected chi connectivity index (χ0v) is 11.5. The number of esters is 1. The number of hydrogen-bond donors (Lipinski definition) is 0. The monoisotopic (exact) mass is 262 g/mol. The van der Waals surface area contributed by atoms with Crippen molar-refractivity contribution in [3.05, 3.63) is 29.3 Å². The molecule has 0 aromatic heterocycles. The third-order valence-electron chi connectivity index (χ3n) is 3.29. The Morgan fingerprint density at radius 1 is 1.11 bits per heavy atom. The molecule has 0 spiro atoms. The van der Waals surface area contributed by atoms with Crippen LogP contribution < -0.4 is 9.47 Å². The number of rotatable bonds is 4. The van der Waals surface area contributed by atoms with Gasteiger partial charge in [-0.3, -0.25) is 0 Å². The molecule has 0 aliphatic heterocycles. The summed E-state index contributed by atoms with van der Waals surface area (Å²) in [7, 11) is 4.54. The van der Waals surface area contributed by atoms with E-state index in [0.29, 0.717) is 17.1 Å². The first kappa shape index (κ1) is 13.5. The van der Waals surface area contributed by atoms with E-state index >= 15 is 0 Å². The second-order valence-electron chi connectivity index (χ2n) is 4.37. The second-order valence-corrected chi connectivity index (χ2v) is 4.37. The van der Waals surface area contributed by atoms with Crippen LogP contribution >= 0.6 is 0 Å². The molecule has 0 heterocycles. The summed E-state index contributed by atoms with van der Waals surface area (Å²) >= 11 is 0. The summed E-state index contributed by atoms with van der Waals surface area (Å²) < 4.78 is 15.5. The fraction of sp³-hybridized carbons (Fsp3) is 0.400. The van der Waals surface area contributed by atoms with Gasteiger partial charge in [-0.15, -0.1) is 0 Å². The Kier molecular flexibility index (Phi) is 4.10. The van der Waals surface area contributed by atoms with Crippen molar-refractivity contribution in [3.8, 4) is 11.5 Å². The van der Waals surface area contributed by atoms with Gasteiger partial charge in [0.25, 0.3) is 0 Å². The van der Waals surface area contributed by atoms with Gasteiger partial charge < -0.3 is 14.2 Å². The van der Waals surface area contributed by atoms with Gasteiger partial charge in [0, 0.05) is 0 Å². The highest BCUT2D eigenvalue weighted by Gasteiger charge is 2.20. The van der Waals surface area contributed by atoms with E-state index in [2.05, 4.69) is 6.08 Å². The predicted molar refractivity (Wildman–Crippen MR) is 72.7 cm³/mol. The van der Waals surface area contributed by atoms with E-state index in [1.54, 1.807) is 26.4 Å². The normalized spacial score (nSPS) is 13.9. The van der Waals surface area contributed by atoms with Crippen LogP contribution in [0.4, 0.5) is 0 Å². The highest BCUT2D eigenvalue weighted by atomic mass is 16.5. The minimum absolute atomic E-state index is 0.399. The van der Waals surface area contributed by atoms with Gasteiger partial charge in [0.15, 0.2) is 0 Å². The Hall–Kier alpha value is -1.97.